The molecule has 0 radical (unpaired) electrons. The molecule has 0 spiro atoms. The highest BCUT2D eigenvalue weighted by molar-refractivity contribution is 9.10. The van der Waals surface area contributed by atoms with Crippen LogP contribution >= 0.6 is 62.1 Å². The lowest BCUT2D eigenvalue weighted by atomic mass is 10.1. The number of hydrogen-bond donors (Lipinski definition) is 0. The molecule has 0 saturated heterocycles. The van der Waals surface area contributed by atoms with Crippen molar-refractivity contribution in [1.82, 2.24) is 0 Å². The van der Waals surface area contributed by atoms with Crippen molar-refractivity contribution < 1.29 is 0 Å². The molecule has 0 N–H and O–H groups in total. The normalized spacial score (nSPS) is 12.7. The summed E-state index contributed by atoms with van der Waals surface area (Å²) in [6, 6.07) is 9.93. The van der Waals surface area contributed by atoms with Gasteiger partial charge in [-0.25, -0.2) is 0 Å². The van der Waals surface area contributed by atoms with Crippen molar-refractivity contribution in [2.45, 2.75) is 11.8 Å². The molecule has 1 atom stereocenters. The Hall–Kier alpha value is 0.270. The van der Waals surface area contributed by atoms with Gasteiger partial charge in [0.2, 0.25) is 0 Å². The topological polar surface area (TPSA) is 0 Å². The van der Waals surface area contributed by atoms with E-state index >= 15 is 0 Å². The maximum absolute atomic E-state index is 6.35. The van der Waals surface area contributed by atoms with E-state index in [1.807, 2.05) is 30.3 Å². The molecular formula is C12H8BrCl3S. The van der Waals surface area contributed by atoms with Crippen LogP contribution in [0, 0.1) is 0 Å². The van der Waals surface area contributed by atoms with E-state index in [2.05, 4.69) is 15.9 Å². The van der Waals surface area contributed by atoms with Crippen LogP contribution in [0.1, 0.15) is 16.5 Å². The van der Waals surface area contributed by atoms with E-state index < -0.39 is 0 Å². The predicted octanol–water partition coefficient (Wildman–Crippen LogP) is 6.34. The molecule has 1 aromatic heterocycles. The van der Waals surface area contributed by atoms with E-state index in [1.165, 1.54) is 16.9 Å². The average Bonchev–Trinajstić information content (AvgIpc) is 2.61. The van der Waals surface area contributed by atoms with Gasteiger partial charge in [0.25, 0.3) is 0 Å². The van der Waals surface area contributed by atoms with Gasteiger partial charge in [0.15, 0.2) is 0 Å². The SMILES string of the molecule is Clc1cc(C(Cl)Cc2ccc(Br)cc2)c(Cl)s1. The minimum absolute atomic E-state index is 0.146. The lowest BCUT2D eigenvalue weighted by Crippen LogP contribution is -1.94. The van der Waals surface area contributed by atoms with Gasteiger partial charge in [-0.15, -0.1) is 22.9 Å². The lowest BCUT2D eigenvalue weighted by molar-refractivity contribution is 0.925. The van der Waals surface area contributed by atoms with E-state index in [-0.39, 0.29) is 5.38 Å². The fourth-order valence-corrected chi connectivity index (χ4v) is 3.82. The molecule has 2 rings (SSSR count). The number of thiophene rings is 1. The molecular weight excluding hydrogens is 362 g/mol. The highest BCUT2D eigenvalue weighted by Crippen LogP contribution is 2.38. The molecule has 0 amide bonds. The molecule has 0 aliphatic carbocycles. The summed E-state index contributed by atoms with van der Waals surface area (Å²) in [4.78, 5) is 0. The second kappa shape index (κ2) is 5.94. The Balaban J connectivity index is 2.14. The van der Waals surface area contributed by atoms with E-state index in [9.17, 15) is 0 Å². The van der Waals surface area contributed by atoms with Crippen LogP contribution in [0.4, 0.5) is 0 Å². The summed E-state index contributed by atoms with van der Waals surface area (Å²) in [6.45, 7) is 0. The molecule has 0 nitrogen and oxygen atoms in total. The molecule has 90 valence electrons. The van der Waals surface area contributed by atoms with Gasteiger partial charge in [-0.1, -0.05) is 51.3 Å². The van der Waals surface area contributed by atoms with Gasteiger partial charge < -0.3 is 0 Å². The first-order chi connectivity index (χ1) is 8.06. The van der Waals surface area contributed by atoms with Gasteiger partial charge >= 0.3 is 0 Å². The Morgan fingerprint density at radius 3 is 2.35 bits per heavy atom. The van der Waals surface area contributed by atoms with Crippen molar-refractivity contribution in [3.8, 4) is 0 Å². The smallest absolute Gasteiger partial charge is 0.0991 e. The second-order valence-corrected chi connectivity index (χ2v) is 7.31. The third kappa shape index (κ3) is 3.62. The van der Waals surface area contributed by atoms with Crippen LogP contribution in [0.5, 0.6) is 0 Å². The molecule has 0 bridgehead atoms. The Morgan fingerprint density at radius 1 is 1.18 bits per heavy atom. The van der Waals surface area contributed by atoms with Crippen molar-refractivity contribution in [3.05, 3.63) is 54.6 Å². The molecule has 1 aromatic carbocycles. The third-order valence-corrected chi connectivity index (χ3v) is 4.78. The van der Waals surface area contributed by atoms with Crippen LogP contribution < -0.4 is 0 Å². The van der Waals surface area contributed by atoms with Crippen LogP contribution in [0.15, 0.2) is 34.8 Å². The summed E-state index contributed by atoms with van der Waals surface area (Å²) >= 11 is 23.1. The van der Waals surface area contributed by atoms with Crippen molar-refractivity contribution in [2.75, 3.05) is 0 Å². The second-order valence-electron chi connectivity index (χ2n) is 3.58. The Labute approximate surface area is 128 Å². The van der Waals surface area contributed by atoms with Gasteiger partial charge in [0.1, 0.15) is 0 Å². The van der Waals surface area contributed by atoms with Crippen molar-refractivity contribution in [3.63, 3.8) is 0 Å². The summed E-state index contributed by atoms with van der Waals surface area (Å²) in [6.07, 6.45) is 0.738. The monoisotopic (exact) mass is 368 g/mol. The molecule has 0 aliphatic heterocycles. The van der Waals surface area contributed by atoms with Gasteiger partial charge in [0, 0.05) is 10.0 Å². The predicted molar refractivity (Wildman–Crippen MR) is 80.8 cm³/mol. The first-order valence-electron chi connectivity index (χ1n) is 4.89. The van der Waals surface area contributed by atoms with Crippen LogP contribution in [-0.4, -0.2) is 0 Å². The van der Waals surface area contributed by atoms with Crippen LogP contribution in [-0.2, 0) is 6.42 Å². The van der Waals surface area contributed by atoms with E-state index in [1.54, 1.807) is 0 Å². The first-order valence-corrected chi connectivity index (χ1v) is 7.69. The van der Waals surface area contributed by atoms with E-state index in [0.29, 0.717) is 8.67 Å². The maximum Gasteiger partial charge on any atom is 0.0991 e. The molecule has 0 saturated carbocycles. The lowest BCUT2D eigenvalue weighted by Gasteiger charge is -2.08. The van der Waals surface area contributed by atoms with Crippen LogP contribution in [0.3, 0.4) is 0 Å². The molecule has 17 heavy (non-hydrogen) atoms. The summed E-state index contributed by atoms with van der Waals surface area (Å²) in [5.74, 6) is 0. The highest BCUT2D eigenvalue weighted by atomic mass is 79.9. The zero-order valence-electron chi connectivity index (χ0n) is 8.59. The van der Waals surface area contributed by atoms with Crippen molar-refractivity contribution in [2.24, 2.45) is 0 Å². The summed E-state index contributed by atoms with van der Waals surface area (Å²) in [7, 11) is 0. The molecule has 1 heterocycles. The van der Waals surface area contributed by atoms with E-state index in [4.69, 9.17) is 34.8 Å². The maximum atomic E-state index is 6.35. The average molecular weight is 371 g/mol. The van der Waals surface area contributed by atoms with Crippen LogP contribution in [0.2, 0.25) is 8.67 Å². The van der Waals surface area contributed by atoms with Gasteiger partial charge in [-0.2, -0.15) is 0 Å². The molecule has 0 fully saturated rings. The summed E-state index contributed by atoms with van der Waals surface area (Å²) in [5.41, 5.74) is 2.08. The largest absolute Gasteiger partial charge is 0.117 e. The van der Waals surface area contributed by atoms with Crippen molar-refractivity contribution in [1.29, 1.82) is 0 Å². The fourth-order valence-electron chi connectivity index (χ4n) is 1.50. The minimum atomic E-state index is -0.146. The highest BCUT2D eigenvalue weighted by Gasteiger charge is 2.15. The number of hydrogen-bond acceptors (Lipinski definition) is 1. The third-order valence-electron chi connectivity index (χ3n) is 2.35. The summed E-state index contributed by atoms with van der Waals surface area (Å²) in [5, 5.41) is -0.146. The van der Waals surface area contributed by atoms with Gasteiger partial charge in [0.05, 0.1) is 14.0 Å². The molecule has 5 heteroatoms. The summed E-state index contributed by atoms with van der Waals surface area (Å²) < 4.78 is 2.41. The van der Waals surface area contributed by atoms with Gasteiger partial charge in [-0.3, -0.25) is 0 Å². The Bertz CT molecular complexity index is 507. The Morgan fingerprint density at radius 2 is 1.82 bits per heavy atom. The van der Waals surface area contributed by atoms with Crippen molar-refractivity contribution >= 4 is 62.1 Å². The minimum Gasteiger partial charge on any atom is -0.117 e. The van der Waals surface area contributed by atoms with Crippen LogP contribution in [0.25, 0.3) is 0 Å². The van der Waals surface area contributed by atoms with Gasteiger partial charge in [-0.05, 0) is 30.2 Å². The zero-order valence-corrected chi connectivity index (χ0v) is 13.3. The number of benzene rings is 1. The Kier molecular flexibility index (Phi) is 4.79. The number of halogens is 4. The van der Waals surface area contributed by atoms with E-state index in [0.717, 1.165) is 16.5 Å². The molecule has 0 aliphatic rings. The molecule has 1 unspecified atom stereocenters. The number of rotatable bonds is 3. The standard InChI is InChI=1S/C12H8BrCl3S/c13-8-3-1-7(2-4-8)5-10(14)9-6-11(15)17-12(9)16/h1-4,6,10H,5H2. The fraction of sp³-hybridized carbons (Fsp3) is 0.167. The zero-order chi connectivity index (χ0) is 12.4. The first kappa shape index (κ1) is 13.7. The quantitative estimate of drug-likeness (QED) is 0.553. The molecule has 2 aromatic rings. The number of alkyl halides is 1.